The van der Waals surface area contributed by atoms with Crippen LogP contribution in [0, 0.1) is 16.7 Å². The molecule has 2 nitrogen and oxygen atoms in total. The van der Waals surface area contributed by atoms with Gasteiger partial charge in [-0.05, 0) is 30.6 Å². The van der Waals surface area contributed by atoms with Crippen molar-refractivity contribution in [2.75, 3.05) is 0 Å². The zero-order chi connectivity index (χ0) is 8.98. The van der Waals surface area contributed by atoms with E-state index in [0.29, 0.717) is 5.41 Å². The van der Waals surface area contributed by atoms with Gasteiger partial charge in [-0.15, -0.1) is 0 Å². The maximum absolute atomic E-state index is 8.81. The normalized spacial score (nSPS) is 47.2. The van der Waals surface area contributed by atoms with Crippen LogP contribution in [0.15, 0.2) is 5.16 Å². The van der Waals surface area contributed by atoms with Crippen molar-refractivity contribution >= 4 is 5.71 Å². The molecule has 0 aromatic rings. The Hall–Kier alpha value is -0.530. The van der Waals surface area contributed by atoms with E-state index in [2.05, 4.69) is 25.9 Å². The molecule has 2 saturated carbocycles. The summed E-state index contributed by atoms with van der Waals surface area (Å²) in [6, 6.07) is 0. The number of rotatable bonds is 0. The second kappa shape index (κ2) is 2.04. The molecule has 2 bridgehead atoms. The van der Waals surface area contributed by atoms with Gasteiger partial charge in [-0.1, -0.05) is 25.9 Å². The van der Waals surface area contributed by atoms with Crippen molar-refractivity contribution in [3.05, 3.63) is 0 Å². The molecule has 0 aromatic heterocycles. The van der Waals surface area contributed by atoms with Gasteiger partial charge < -0.3 is 5.21 Å². The highest BCUT2D eigenvalue weighted by molar-refractivity contribution is 5.92. The molecule has 2 heteroatoms. The minimum Gasteiger partial charge on any atom is -0.411 e. The van der Waals surface area contributed by atoms with Gasteiger partial charge in [-0.2, -0.15) is 0 Å². The van der Waals surface area contributed by atoms with E-state index in [-0.39, 0.29) is 5.41 Å². The zero-order valence-corrected chi connectivity index (χ0v) is 8.09. The van der Waals surface area contributed by atoms with Gasteiger partial charge in [0.25, 0.3) is 0 Å². The third-order valence-corrected chi connectivity index (χ3v) is 3.91. The molecule has 0 spiro atoms. The van der Waals surface area contributed by atoms with Gasteiger partial charge in [0, 0.05) is 5.41 Å². The van der Waals surface area contributed by atoms with Crippen LogP contribution in [0.3, 0.4) is 0 Å². The van der Waals surface area contributed by atoms with Gasteiger partial charge in [-0.25, -0.2) is 0 Å². The third-order valence-electron chi connectivity index (χ3n) is 3.91. The average molecular weight is 167 g/mol. The summed E-state index contributed by atoms with van der Waals surface area (Å²) in [7, 11) is 0. The fourth-order valence-corrected chi connectivity index (χ4v) is 3.25. The molecule has 2 rings (SSSR count). The standard InChI is InChI=1S/C10H17NO/c1-9(2)6-10(3)5-7(9)4-8(10)11-12/h7,12H,4-6H2,1-3H3/b11-8-/t7-,10-/m1/s1. The van der Waals surface area contributed by atoms with Crippen LogP contribution in [-0.4, -0.2) is 10.9 Å². The molecule has 0 aromatic carbocycles. The number of fused-ring (bicyclic) bond motifs is 2. The average Bonchev–Trinajstić information content (AvgIpc) is 2.34. The summed E-state index contributed by atoms with van der Waals surface area (Å²) in [5.41, 5.74) is 1.71. The Kier molecular flexibility index (Phi) is 1.37. The lowest BCUT2D eigenvalue weighted by atomic mass is 9.72. The Morgan fingerprint density at radius 2 is 2.08 bits per heavy atom. The fourth-order valence-electron chi connectivity index (χ4n) is 3.25. The first-order valence-corrected chi connectivity index (χ1v) is 4.69. The van der Waals surface area contributed by atoms with Gasteiger partial charge in [-0.3, -0.25) is 0 Å². The van der Waals surface area contributed by atoms with E-state index in [1.165, 1.54) is 12.8 Å². The van der Waals surface area contributed by atoms with Crippen molar-refractivity contribution in [1.82, 2.24) is 0 Å². The molecule has 2 aliphatic rings. The van der Waals surface area contributed by atoms with E-state index < -0.39 is 0 Å². The van der Waals surface area contributed by atoms with Gasteiger partial charge in [0.15, 0.2) is 0 Å². The van der Waals surface area contributed by atoms with Crippen LogP contribution in [0.1, 0.15) is 40.0 Å². The third kappa shape index (κ3) is 0.838. The van der Waals surface area contributed by atoms with E-state index in [4.69, 9.17) is 5.21 Å². The Bertz CT molecular complexity index is 244. The predicted molar refractivity (Wildman–Crippen MR) is 48.5 cm³/mol. The summed E-state index contributed by atoms with van der Waals surface area (Å²) in [5.74, 6) is 0.744. The molecule has 0 heterocycles. The highest BCUT2D eigenvalue weighted by Crippen LogP contribution is 2.60. The van der Waals surface area contributed by atoms with Crippen molar-refractivity contribution < 1.29 is 5.21 Å². The second-order valence-corrected chi connectivity index (χ2v) is 5.38. The highest BCUT2D eigenvalue weighted by atomic mass is 16.4. The van der Waals surface area contributed by atoms with Gasteiger partial charge in [0.1, 0.15) is 0 Å². The van der Waals surface area contributed by atoms with Crippen LogP contribution in [0.5, 0.6) is 0 Å². The molecule has 0 radical (unpaired) electrons. The summed E-state index contributed by atoms with van der Waals surface area (Å²) >= 11 is 0. The Labute approximate surface area is 73.7 Å². The van der Waals surface area contributed by atoms with Crippen molar-refractivity contribution in [3.8, 4) is 0 Å². The Morgan fingerprint density at radius 1 is 1.42 bits per heavy atom. The molecular formula is C10H17NO. The topological polar surface area (TPSA) is 32.6 Å². The SMILES string of the molecule is CC1(C)C[C@@]2(C)C[C@H]1C/C2=N/O. The summed E-state index contributed by atoms with van der Waals surface area (Å²) < 4.78 is 0. The van der Waals surface area contributed by atoms with Crippen LogP contribution < -0.4 is 0 Å². The molecule has 68 valence electrons. The summed E-state index contributed by atoms with van der Waals surface area (Å²) in [6.45, 7) is 6.89. The first-order valence-electron chi connectivity index (χ1n) is 4.69. The predicted octanol–water partition coefficient (Wildman–Crippen LogP) is 2.66. The molecule has 0 aliphatic heterocycles. The van der Waals surface area contributed by atoms with E-state index >= 15 is 0 Å². The van der Waals surface area contributed by atoms with Gasteiger partial charge in [0.05, 0.1) is 5.71 Å². The minimum atomic E-state index is 0.211. The number of hydrogen-bond donors (Lipinski definition) is 1. The number of hydrogen-bond acceptors (Lipinski definition) is 2. The van der Waals surface area contributed by atoms with Crippen LogP contribution in [-0.2, 0) is 0 Å². The van der Waals surface area contributed by atoms with E-state index in [1.54, 1.807) is 0 Å². The van der Waals surface area contributed by atoms with Crippen molar-refractivity contribution in [2.45, 2.75) is 40.0 Å². The molecule has 2 fully saturated rings. The first kappa shape index (κ1) is 8.09. The van der Waals surface area contributed by atoms with Crippen LogP contribution in [0.25, 0.3) is 0 Å². The molecule has 12 heavy (non-hydrogen) atoms. The minimum absolute atomic E-state index is 0.211. The van der Waals surface area contributed by atoms with E-state index in [0.717, 1.165) is 18.1 Å². The van der Waals surface area contributed by atoms with Crippen LogP contribution >= 0.6 is 0 Å². The quantitative estimate of drug-likeness (QED) is 0.436. The summed E-state index contributed by atoms with van der Waals surface area (Å²) in [4.78, 5) is 0. The Balaban J connectivity index is 2.33. The molecule has 1 N–H and O–H groups in total. The first-order chi connectivity index (χ1) is 5.48. The maximum atomic E-state index is 8.81. The van der Waals surface area contributed by atoms with E-state index in [1.807, 2.05) is 0 Å². The number of nitrogens with zero attached hydrogens (tertiary/aromatic N) is 1. The van der Waals surface area contributed by atoms with Crippen LogP contribution in [0.2, 0.25) is 0 Å². The molecule has 2 aliphatic carbocycles. The second-order valence-electron chi connectivity index (χ2n) is 5.38. The summed E-state index contributed by atoms with van der Waals surface area (Å²) in [5, 5.41) is 12.2. The van der Waals surface area contributed by atoms with Crippen LogP contribution in [0.4, 0.5) is 0 Å². The van der Waals surface area contributed by atoms with Gasteiger partial charge in [0.2, 0.25) is 0 Å². The number of oxime groups is 1. The van der Waals surface area contributed by atoms with Crippen molar-refractivity contribution in [2.24, 2.45) is 21.9 Å². The zero-order valence-electron chi connectivity index (χ0n) is 8.09. The van der Waals surface area contributed by atoms with Crippen molar-refractivity contribution in [3.63, 3.8) is 0 Å². The Morgan fingerprint density at radius 3 is 2.42 bits per heavy atom. The fraction of sp³-hybridized carbons (Fsp3) is 0.900. The lowest BCUT2D eigenvalue weighted by molar-refractivity contribution is 0.237. The summed E-state index contributed by atoms with van der Waals surface area (Å²) in [6.07, 6.45) is 3.42. The van der Waals surface area contributed by atoms with Gasteiger partial charge >= 0.3 is 0 Å². The highest BCUT2D eigenvalue weighted by Gasteiger charge is 2.55. The monoisotopic (exact) mass is 167 g/mol. The molecular weight excluding hydrogens is 150 g/mol. The smallest absolute Gasteiger partial charge is 0.0632 e. The lowest BCUT2D eigenvalue weighted by Gasteiger charge is -2.33. The lowest BCUT2D eigenvalue weighted by Crippen LogP contribution is -2.30. The molecule has 0 amide bonds. The van der Waals surface area contributed by atoms with Crippen molar-refractivity contribution in [1.29, 1.82) is 0 Å². The molecule has 2 atom stereocenters. The maximum Gasteiger partial charge on any atom is 0.0632 e. The van der Waals surface area contributed by atoms with E-state index in [9.17, 15) is 0 Å². The largest absolute Gasteiger partial charge is 0.411 e. The molecule has 0 unspecified atom stereocenters. The molecule has 0 saturated heterocycles.